The Balaban J connectivity index is 1.81. The molecule has 1 aromatic heterocycles. The summed E-state index contributed by atoms with van der Waals surface area (Å²) < 4.78 is 5.62. The molecule has 1 aliphatic rings. The minimum absolute atomic E-state index is 0.0100. The lowest BCUT2D eigenvalue weighted by atomic mass is 9.87. The Labute approximate surface area is 205 Å². The van der Waals surface area contributed by atoms with Gasteiger partial charge in [0, 0.05) is 17.4 Å². The van der Waals surface area contributed by atoms with Gasteiger partial charge in [-0.25, -0.2) is 0 Å². The fourth-order valence-corrected chi connectivity index (χ4v) is 4.12. The zero-order valence-corrected chi connectivity index (χ0v) is 20.5. The van der Waals surface area contributed by atoms with Gasteiger partial charge in [-0.05, 0) is 65.9 Å². The van der Waals surface area contributed by atoms with Crippen LogP contribution in [0.25, 0.3) is 5.76 Å². The molecule has 0 saturated carbocycles. The lowest BCUT2D eigenvalue weighted by Gasteiger charge is -2.26. The van der Waals surface area contributed by atoms with Crippen LogP contribution < -0.4 is 9.64 Å². The van der Waals surface area contributed by atoms with Gasteiger partial charge in [0.25, 0.3) is 11.7 Å². The summed E-state index contributed by atoms with van der Waals surface area (Å²) >= 11 is 0. The Bertz CT molecular complexity index is 1240. The van der Waals surface area contributed by atoms with Crippen LogP contribution >= 0.6 is 0 Å². The molecular formula is C29H30N2O4. The molecule has 1 saturated heterocycles. The largest absolute Gasteiger partial charge is 0.507 e. The van der Waals surface area contributed by atoms with E-state index in [1.165, 1.54) is 4.90 Å². The summed E-state index contributed by atoms with van der Waals surface area (Å²) in [6, 6.07) is 18.9. The van der Waals surface area contributed by atoms with Crippen molar-refractivity contribution in [3.8, 4) is 5.75 Å². The number of aliphatic hydroxyl groups is 1. The number of hydrogen-bond donors (Lipinski definition) is 1. The summed E-state index contributed by atoms with van der Waals surface area (Å²) in [6.07, 6.45) is 2.49. The molecule has 6 nitrogen and oxygen atoms in total. The normalized spacial score (nSPS) is 17.6. The monoisotopic (exact) mass is 470 g/mol. The summed E-state index contributed by atoms with van der Waals surface area (Å²) in [7, 11) is 0. The predicted molar refractivity (Wildman–Crippen MR) is 136 cm³/mol. The third-order valence-electron chi connectivity index (χ3n) is 6.02. The highest BCUT2D eigenvalue weighted by molar-refractivity contribution is 6.51. The number of ketones is 1. The smallest absolute Gasteiger partial charge is 0.300 e. The molecule has 6 heteroatoms. The number of anilines is 1. The number of aliphatic hydroxyl groups excluding tert-OH is 1. The molecule has 0 radical (unpaired) electrons. The third-order valence-corrected chi connectivity index (χ3v) is 6.02. The van der Waals surface area contributed by atoms with Crippen LogP contribution in [0.2, 0.25) is 0 Å². The van der Waals surface area contributed by atoms with Gasteiger partial charge in [-0.2, -0.15) is 0 Å². The van der Waals surface area contributed by atoms with Crippen molar-refractivity contribution in [3.63, 3.8) is 0 Å². The van der Waals surface area contributed by atoms with E-state index in [0.717, 1.165) is 12.0 Å². The van der Waals surface area contributed by atoms with E-state index in [1.54, 1.807) is 48.7 Å². The Morgan fingerprint density at radius 3 is 2.26 bits per heavy atom. The lowest BCUT2D eigenvalue weighted by molar-refractivity contribution is -0.132. The van der Waals surface area contributed by atoms with Crippen LogP contribution in [0.5, 0.6) is 5.75 Å². The number of rotatable bonds is 6. The molecule has 2 aromatic carbocycles. The molecule has 0 spiro atoms. The molecular weight excluding hydrogens is 440 g/mol. The number of Topliss-reactive ketones (excluding diaryl/α,β-unsaturated/α-hetero) is 1. The maximum atomic E-state index is 13.3. The lowest BCUT2D eigenvalue weighted by Crippen LogP contribution is -2.30. The summed E-state index contributed by atoms with van der Waals surface area (Å²) in [5.41, 5.74) is 2.55. The van der Waals surface area contributed by atoms with E-state index in [1.807, 2.05) is 31.2 Å². The Kier molecular flexibility index (Phi) is 6.74. The highest BCUT2D eigenvalue weighted by Gasteiger charge is 2.47. The van der Waals surface area contributed by atoms with E-state index in [0.29, 0.717) is 29.3 Å². The van der Waals surface area contributed by atoms with Gasteiger partial charge in [-0.3, -0.25) is 19.5 Å². The van der Waals surface area contributed by atoms with Crippen LogP contribution in [0.4, 0.5) is 5.69 Å². The first-order chi connectivity index (χ1) is 16.7. The van der Waals surface area contributed by atoms with E-state index < -0.39 is 17.7 Å². The number of carbonyl (C=O) groups is 2. The second kappa shape index (κ2) is 9.74. The van der Waals surface area contributed by atoms with Crippen LogP contribution in [0.3, 0.4) is 0 Å². The van der Waals surface area contributed by atoms with E-state index in [2.05, 4.69) is 25.8 Å². The molecule has 0 bridgehead atoms. The van der Waals surface area contributed by atoms with Gasteiger partial charge in [0.1, 0.15) is 17.6 Å². The Morgan fingerprint density at radius 2 is 1.69 bits per heavy atom. The number of carbonyl (C=O) groups excluding carboxylic acids is 2. The van der Waals surface area contributed by atoms with Crippen LogP contribution in [-0.2, 0) is 15.0 Å². The van der Waals surface area contributed by atoms with Crippen molar-refractivity contribution < 1.29 is 19.4 Å². The number of nitrogens with zero attached hydrogens (tertiary/aromatic N) is 2. The highest BCUT2D eigenvalue weighted by Crippen LogP contribution is 2.42. The topological polar surface area (TPSA) is 79.7 Å². The molecule has 35 heavy (non-hydrogen) atoms. The molecule has 1 atom stereocenters. The fourth-order valence-electron chi connectivity index (χ4n) is 4.12. The fraction of sp³-hybridized carbons (Fsp3) is 0.276. The number of ether oxygens (including phenoxy) is 1. The number of benzene rings is 2. The zero-order chi connectivity index (χ0) is 25.2. The van der Waals surface area contributed by atoms with Crippen LogP contribution in [0.15, 0.2) is 78.5 Å². The average molecular weight is 471 g/mol. The Hall–Kier alpha value is -3.93. The average Bonchev–Trinajstić information content (AvgIpc) is 3.13. The number of aromatic nitrogens is 1. The van der Waals surface area contributed by atoms with Crippen molar-refractivity contribution in [2.45, 2.75) is 45.6 Å². The maximum absolute atomic E-state index is 13.3. The number of amides is 1. The minimum Gasteiger partial charge on any atom is -0.507 e. The molecule has 1 unspecified atom stereocenters. The SMILES string of the molecule is CCCOc1ccc(/C(O)=C2\C(=O)C(=O)N(c3ccc(C(C)(C)C)cc3)C2c2ccccn2)cc1. The molecule has 1 fully saturated rings. The van der Waals surface area contributed by atoms with E-state index >= 15 is 0 Å². The summed E-state index contributed by atoms with van der Waals surface area (Å²) in [6.45, 7) is 8.94. The number of hydrogen-bond acceptors (Lipinski definition) is 5. The molecule has 2 heterocycles. The van der Waals surface area contributed by atoms with Gasteiger partial charge in [-0.15, -0.1) is 0 Å². The van der Waals surface area contributed by atoms with Gasteiger partial charge in [0.15, 0.2) is 0 Å². The van der Waals surface area contributed by atoms with Crippen LogP contribution in [0.1, 0.15) is 57.0 Å². The van der Waals surface area contributed by atoms with Crippen molar-refractivity contribution in [3.05, 3.63) is 95.3 Å². The molecule has 1 amide bonds. The molecule has 4 rings (SSSR count). The standard InChI is InChI=1S/C29H30N2O4/c1-5-18-35-22-15-9-19(10-16-22)26(32)24-25(23-8-6-7-17-30-23)31(28(34)27(24)33)21-13-11-20(12-14-21)29(2,3)4/h6-17,25,32H,5,18H2,1-4H3/b26-24+. The third kappa shape index (κ3) is 4.83. The van der Waals surface area contributed by atoms with Gasteiger partial charge >= 0.3 is 0 Å². The van der Waals surface area contributed by atoms with E-state index in [4.69, 9.17) is 4.74 Å². The van der Waals surface area contributed by atoms with Crippen LogP contribution in [-0.4, -0.2) is 28.4 Å². The molecule has 3 aromatic rings. The van der Waals surface area contributed by atoms with E-state index in [9.17, 15) is 14.7 Å². The van der Waals surface area contributed by atoms with Crippen molar-refractivity contribution in [1.29, 1.82) is 0 Å². The summed E-state index contributed by atoms with van der Waals surface area (Å²) in [5, 5.41) is 11.2. The Morgan fingerprint density at radius 1 is 1.00 bits per heavy atom. The maximum Gasteiger partial charge on any atom is 0.300 e. The van der Waals surface area contributed by atoms with Crippen molar-refractivity contribution in [1.82, 2.24) is 4.98 Å². The first kappa shape index (κ1) is 24.2. The zero-order valence-electron chi connectivity index (χ0n) is 20.5. The first-order valence-electron chi connectivity index (χ1n) is 11.8. The molecule has 1 aliphatic heterocycles. The highest BCUT2D eigenvalue weighted by atomic mass is 16.5. The van der Waals surface area contributed by atoms with Gasteiger partial charge in [0.05, 0.1) is 17.9 Å². The van der Waals surface area contributed by atoms with Gasteiger partial charge in [-0.1, -0.05) is 45.9 Å². The predicted octanol–water partition coefficient (Wildman–Crippen LogP) is 5.79. The molecule has 0 aliphatic carbocycles. The van der Waals surface area contributed by atoms with E-state index in [-0.39, 0.29) is 16.7 Å². The number of pyridine rings is 1. The first-order valence-corrected chi connectivity index (χ1v) is 11.8. The van der Waals surface area contributed by atoms with Gasteiger partial charge < -0.3 is 9.84 Å². The second-order valence-corrected chi connectivity index (χ2v) is 9.59. The second-order valence-electron chi connectivity index (χ2n) is 9.59. The summed E-state index contributed by atoms with van der Waals surface area (Å²) in [5.74, 6) is -1.02. The summed E-state index contributed by atoms with van der Waals surface area (Å²) in [4.78, 5) is 32.4. The van der Waals surface area contributed by atoms with Crippen LogP contribution in [0, 0.1) is 0 Å². The van der Waals surface area contributed by atoms with Crippen molar-refractivity contribution in [2.75, 3.05) is 11.5 Å². The van der Waals surface area contributed by atoms with Gasteiger partial charge in [0.2, 0.25) is 0 Å². The van der Waals surface area contributed by atoms with Crippen molar-refractivity contribution in [2.24, 2.45) is 0 Å². The minimum atomic E-state index is -0.854. The quantitative estimate of drug-likeness (QED) is 0.280. The molecule has 180 valence electrons. The van der Waals surface area contributed by atoms with Crippen molar-refractivity contribution >= 4 is 23.1 Å². The molecule has 1 N–H and O–H groups in total.